The highest BCUT2D eigenvalue weighted by Gasteiger charge is 2.24. The van der Waals surface area contributed by atoms with Gasteiger partial charge in [-0.1, -0.05) is 6.07 Å². The molecule has 6 heteroatoms. The normalized spacial score (nSPS) is 12.9. The minimum absolute atomic E-state index is 0. The van der Waals surface area contributed by atoms with Crippen molar-refractivity contribution in [3.8, 4) is 5.75 Å². The summed E-state index contributed by atoms with van der Waals surface area (Å²) >= 11 is 0. The Bertz CT molecular complexity index is 719. The topological polar surface area (TPSA) is 64.8 Å². The standard InChI is InChI=1S/C19H22N2O3.ClH/c1-23-12-13-24-15-9-7-14(8-10-15)19(22)21-11-3-4-16-17(20)5-2-6-18(16)21;/h2,5-10H,3-4,11-13,20H2,1H3;1H. The molecule has 2 aromatic rings. The number of nitrogens with two attached hydrogens (primary N) is 1. The van der Waals surface area contributed by atoms with Gasteiger partial charge in [0.05, 0.1) is 6.61 Å². The number of rotatable bonds is 5. The van der Waals surface area contributed by atoms with Crippen molar-refractivity contribution in [1.82, 2.24) is 0 Å². The Morgan fingerprint density at radius 2 is 1.92 bits per heavy atom. The van der Waals surface area contributed by atoms with Crippen LogP contribution in [0, 0.1) is 0 Å². The fourth-order valence-corrected chi connectivity index (χ4v) is 2.96. The van der Waals surface area contributed by atoms with Crippen molar-refractivity contribution in [2.75, 3.05) is 37.5 Å². The zero-order valence-corrected chi connectivity index (χ0v) is 15.1. The van der Waals surface area contributed by atoms with E-state index in [-0.39, 0.29) is 18.3 Å². The van der Waals surface area contributed by atoms with Gasteiger partial charge in [-0.15, -0.1) is 12.4 Å². The van der Waals surface area contributed by atoms with Crippen LogP contribution in [-0.2, 0) is 11.2 Å². The number of hydrogen-bond donors (Lipinski definition) is 1. The van der Waals surface area contributed by atoms with E-state index in [0.717, 1.165) is 35.5 Å². The molecule has 0 aromatic heterocycles. The lowest BCUT2D eigenvalue weighted by molar-refractivity contribution is 0.0985. The molecule has 2 aromatic carbocycles. The van der Waals surface area contributed by atoms with Crippen LogP contribution < -0.4 is 15.4 Å². The highest BCUT2D eigenvalue weighted by Crippen LogP contribution is 2.32. The molecule has 1 amide bonds. The SMILES string of the molecule is COCCOc1ccc(C(=O)N2CCCc3c(N)cccc32)cc1.Cl. The van der Waals surface area contributed by atoms with Crippen molar-refractivity contribution in [2.45, 2.75) is 12.8 Å². The van der Waals surface area contributed by atoms with Crippen molar-refractivity contribution in [2.24, 2.45) is 0 Å². The molecule has 5 nitrogen and oxygen atoms in total. The first kappa shape index (κ1) is 19.1. The van der Waals surface area contributed by atoms with Gasteiger partial charge in [-0.05, 0) is 54.8 Å². The summed E-state index contributed by atoms with van der Waals surface area (Å²) in [6.45, 7) is 1.73. The number of nitrogen functional groups attached to an aromatic ring is 1. The number of ether oxygens (including phenoxy) is 2. The highest BCUT2D eigenvalue weighted by atomic mass is 35.5. The number of benzene rings is 2. The van der Waals surface area contributed by atoms with Gasteiger partial charge in [-0.25, -0.2) is 0 Å². The molecule has 1 aliphatic heterocycles. The van der Waals surface area contributed by atoms with E-state index < -0.39 is 0 Å². The fraction of sp³-hybridized carbons (Fsp3) is 0.316. The summed E-state index contributed by atoms with van der Waals surface area (Å²) in [6.07, 6.45) is 1.84. The summed E-state index contributed by atoms with van der Waals surface area (Å²) in [7, 11) is 1.63. The number of carbonyl (C=O) groups excluding carboxylic acids is 1. The molecule has 0 bridgehead atoms. The molecule has 0 fully saturated rings. The van der Waals surface area contributed by atoms with Crippen LogP contribution in [-0.4, -0.2) is 32.8 Å². The average molecular weight is 363 g/mol. The van der Waals surface area contributed by atoms with Crippen molar-refractivity contribution < 1.29 is 14.3 Å². The van der Waals surface area contributed by atoms with Gasteiger partial charge in [-0.2, -0.15) is 0 Å². The predicted octanol–water partition coefficient (Wildman–Crippen LogP) is 3.31. The molecular formula is C19H23ClN2O3. The molecule has 134 valence electrons. The minimum Gasteiger partial charge on any atom is -0.491 e. The number of fused-ring (bicyclic) bond motifs is 1. The first-order valence-corrected chi connectivity index (χ1v) is 8.11. The molecule has 0 aliphatic carbocycles. The maximum atomic E-state index is 12.9. The molecule has 0 unspecified atom stereocenters. The lowest BCUT2D eigenvalue weighted by Crippen LogP contribution is -2.35. The van der Waals surface area contributed by atoms with Gasteiger partial charge in [0.1, 0.15) is 12.4 Å². The second kappa shape index (κ2) is 8.74. The van der Waals surface area contributed by atoms with Crippen molar-refractivity contribution in [3.05, 3.63) is 53.6 Å². The van der Waals surface area contributed by atoms with Gasteiger partial charge in [-0.3, -0.25) is 4.79 Å². The van der Waals surface area contributed by atoms with Crippen molar-refractivity contribution in [3.63, 3.8) is 0 Å². The number of nitrogens with zero attached hydrogens (tertiary/aromatic N) is 1. The second-order valence-electron chi connectivity index (χ2n) is 5.77. The summed E-state index contributed by atoms with van der Waals surface area (Å²) in [5.41, 5.74) is 9.44. The zero-order chi connectivity index (χ0) is 16.9. The summed E-state index contributed by atoms with van der Waals surface area (Å²) in [6, 6.07) is 13.0. The number of halogens is 1. The summed E-state index contributed by atoms with van der Waals surface area (Å²) in [5, 5.41) is 0. The van der Waals surface area contributed by atoms with Crippen LogP contribution in [0.2, 0.25) is 0 Å². The Morgan fingerprint density at radius 1 is 1.16 bits per heavy atom. The van der Waals surface area contributed by atoms with E-state index >= 15 is 0 Å². The maximum absolute atomic E-state index is 12.9. The lowest BCUT2D eigenvalue weighted by Gasteiger charge is -2.30. The number of hydrogen-bond acceptors (Lipinski definition) is 4. The molecule has 2 N–H and O–H groups in total. The highest BCUT2D eigenvalue weighted by molar-refractivity contribution is 6.07. The maximum Gasteiger partial charge on any atom is 0.258 e. The molecule has 3 rings (SSSR count). The molecule has 0 radical (unpaired) electrons. The van der Waals surface area contributed by atoms with Crippen molar-refractivity contribution >= 4 is 29.7 Å². The molecule has 1 aliphatic rings. The van der Waals surface area contributed by atoms with Crippen LogP contribution in [0.3, 0.4) is 0 Å². The van der Waals surface area contributed by atoms with Gasteiger partial charge < -0.3 is 20.1 Å². The largest absolute Gasteiger partial charge is 0.491 e. The van der Waals surface area contributed by atoms with Crippen LogP contribution in [0.5, 0.6) is 5.75 Å². The van der Waals surface area contributed by atoms with Crippen LogP contribution in [0.25, 0.3) is 0 Å². The van der Waals surface area contributed by atoms with Crippen LogP contribution in [0.1, 0.15) is 22.3 Å². The van der Waals surface area contributed by atoms with Crippen LogP contribution in [0.4, 0.5) is 11.4 Å². The Hall–Kier alpha value is -2.24. The first-order chi connectivity index (χ1) is 11.7. The lowest BCUT2D eigenvalue weighted by atomic mass is 9.99. The molecule has 0 atom stereocenters. The van der Waals surface area contributed by atoms with E-state index in [1.165, 1.54) is 0 Å². The quantitative estimate of drug-likeness (QED) is 0.654. The van der Waals surface area contributed by atoms with E-state index in [4.69, 9.17) is 15.2 Å². The average Bonchev–Trinajstić information content (AvgIpc) is 2.62. The number of anilines is 2. The third kappa shape index (κ3) is 4.24. The van der Waals surface area contributed by atoms with Gasteiger partial charge in [0.15, 0.2) is 0 Å². The van der Waals surface area contributed by atoms with E-state index in [2.05, 4.69) is 0 Å². The zero-order valence-electron chi connectivity index (χ0n) is 14.2. The third-order valence-corrected chi connectivity index (χ3v) is 4.19. The smallest absolute Gasteiger partial charge is 0.258 e. The van der Waals surface area contributed by atoms with Crippen LogP contribution in [0.15, 0.2) is 42.5 Å². The summed E-state index contributed by atoms with van der Waals surface area (Å²) < 4.78 is 10.5. The monoisotopic (exact) mass is 362 g/mol. The summed E-state index contributed by atoms with van der Waals surface area (Å²) in [5.74, 6) is 0.719. The second-order valence-corrected chi connectivity index (χ2v) is 5.77. The van der Waals surface area contributed by atoms with Crippen molar-refractivity contribution in [1.29, 1.82) is 0 Å². The van der Waals surface area contributed by atoms with E-state index in [0.29, 0.717) is 25.3 Å². The molecule has 25 heavy (non-hydrogen) atoms. The predicted molar refractivity (Wildman–Crippen MR) is 102 cm³/mol. The molecule has 0 saturated carbocycles. The van der Waals surface area contributed by atoms with E-state index in [9.17, 15) is 4.79 Å². The van der Waals surface area contributed by atoms with Gasteiger partial charge >= 0.3 is 0 Å². The van der Waals surface area contributed by atoms with E-state index in [1.807, 2.05) is 35.2 Å². The Labute approximate surface area is 154 Å². The number of amides is 1. The Kier molecular flexibility index (Phi) is 6.67. The minimum atomic E-state index is -0.00927. The Balaban J connectivity index is 0.00000225. The number of carbonyl (C=O) groups is 1. The molecule has 0 saturated heterocycles. The molecular weight excluding hydrogens is 340 g/mol. The number of methoxy groups -OCH3 is 1. The molecule has 0 spiro atoms. The fourth-order valence-electron chi connectivity index (χ4n) is 2.96. The third-order valence-electron chi connectivity index (χ3n) is 4.19. The summed E-state index contributed by atoms with van der Waals surface area (Å²) in [4.78, 5) is 14.7. The first-order valence-electron chi connectivity index (χ1n) is 8.11. The van der Waals surface area contributed by atoms with Gasteiger partial charge in [0, 0.05) is 30.6 Å². The molecule has 1 heterocycles. The van der Waals surface area contributed by atoms with E-state index in [1.54, 1.807) is 19.2 Å². The van der Waals surface area contributed by atoms with Gasteiger partial charge in [0.25, 0.3) is 5.91 Å². The van der Waals surface area contributed by atoms with Gasteiger partial charge in [0.2, 0.25) is 0 Å². The Morgan fingerprint density at radius 3 is 2.64 bits per heavy atom. The van der Waals surface area contributed by atoms with Crippen LogP contribution >= 0.6 is 12.4 Å².